The maximum Gasteiger partial charge on any atom is 0.220 e. The summed E-state index contributed by atoms with van der Waals surface area (Å²) in [4.78, 5) is 11.7. The first-order valence-corrected chi connectivity index (χ1v) is 8.68. The second kappa shape index (κ2) is 4.18. The summed E-state index contributed by atoms with van der Waals surface area (Å²) >= 11 is 0. The van der Waals surface area contributed by atoms with Gasteiger partial charge in [-0.3, -0.25) is 0 Å². The van der Waals surface area contributed by atoms with E-state index < -0.39 is 0 Å². The van der Waals surface area contributed by atoms with Crippen molar-refractivity contribution in [3.8, 4) is 0 Å². The number of allylic oxidation sites excluding steroid dienone is 1. The van der Waals surface area contributed by atoms with Gasteiger partial charge in [-0.1, -0.05) is 20.3 Å². The number of nitrogens with zero attached hydrogens (tertiary/aromatic N) is 1. The largest absolute Gasteiger partial charge is 0.220 e. The van der Waals surface area contributed by atoms with E-state index in [9.17, 15) is 4.91 Å². The first-order valence-electron chi connectivity index (χ1n) is 8.68. The Labute approximate surface area is 122 Å². The fourth-order valence-corrected chi connectivity index (χ4v) is 6.46. The number of nitroso groups, excluding NO2 is 1. The van der Waals surface area contributed by atoms with Gasteiger partial charge in [0.2, 0.25) is 6.20 Å². The zero-order valence-corrected chi connectivity index (χ0v) is 13.0. The molecule has 0 amide bonds. The maximum absolute atomic E-state index is 11.7. The van der Waals surface area contributed by atoms with Crippen molar-refractivity contribution in [2.75, 3.05) is 6.54 Å². The predicted molar refractivity (Wildman–Crippen MR) is 80.2 cm³/mol. The van der Waals surface area contributed by atoms with Gasteiger partial charge < -0.3 is 0 Å². The Bertz CT molecular complexity index is 482. The molecule has 0 unspecified atom stereocenters. The van der Waals surface area contributed by atoms with Crippen LogP contribution in [0.1, 0.15) is 65.2 Å². The summed E-state index contributed by atoms with van der Waals surface area (Å²) in [5.74, 6) is 2.77. The Hall–Kier alpha value is -0.660. The highest BCUT2D eigenvalue weighted by atomic mass is 16.3. The monoisotopic (exact) mass is 274 g/mol. The number of hydrogen-bond donors (Lipinski definition) is 0. The quantitative estimate of drug-likeness (QED) is 0.587. The van der Waals surface area contributed by atoms with E-state index in [1.165, 1.54) is 55.3 Å². The van der Waals surface area contributed by atoms with Crippen LogP contribution in [0.15, 0.2) is 11.8 Å². The first kappa shape index (κ1) is 13.0. The lowest BCUT2D eigenvalue weighted by atomic mass is 9.48. The zero-order chi connectivity index (χ0) is 14.0. The van der Waals surface area contributed by atoms with E-state index in [1.54, 1.807) is 0 Å². The lowest BCUT2D eigenvalue weighted by molar-refractivity contribution is -0.491. The third kappa shape index (κ3) is 1.63. The lowest BCUT2D eigenvalue weighted by Crippen LogP contribution is -2.50. The molecule has 0 saturated heterocycles. The van der Waals surface area contributed by atoms with Crippen molar-refractivity contribution in [3.63, 3.8) is 0 Å². The molecule has 0 N–H and O–H groups in total. The van der Waals surface area contributed by atoms with Gasteiger partial charge in [0.1, 0.15) is 0 Å². The van der Waals surface area contributed by atoms with Crippen LogP contribution in [0.25, 0.3) is 0 Å². The molecular formula is C18H28NO+. The van der Waals surface area contributed by atoms with Crippen LogP contribution in [0.4, 0.5) is 0 Å². The number of hydrogen-bond acceptors (Lipinski definition) is 1. The fraction of sp³-hybridized carbons (Fsp3) is 0.889. The van der Waals surface area contributed by atoms with Gasteiger partial charge in [0.15, 0.2) is 6.54 Å². The summed E-state index contributed by atoms with van der Waals surface area (Å²) in [6.45, 7) is 5.75. The molecule has 1 aliphatic heterocycles. The minimum absolute atomic E-state index is 0.341. The molecule has 5 atom stereocenters. The van der Waals surface area contributed by atoms with Crippen molar-refractivity contribution >= 4 is 0 Å². The summed E-state index contributed by atoms with van der Waals surface area (Å²) < 4.78 is 1.18. The third-order valence-electron chi connectivity index (χ3n) is 7.67. The maximum atomic E-state index is 11.7. The molecule has 3 fully saturated rings. The Balaban J connectivity index is 1.69. The van der Waals surface area contributed by atoms with Crippen molar-refractivity contribution in [1.29, 1.82) is 0 Å². The Morgan fingerprint density at radius 3 is 2.80 bits per heavy atom. The van der Waals surface area contributed by atoms with Gasteiger partial charge >= 0.3 is 0 Å². The smallest absolute Gasteiger partial charge is 0.0594 e. The Morgan fingerprint density at radius 1 is 1.10 bits per heavy atom. The van der Waals surface area contributed by atoms with Crippen molar-refractivity contribution < 1.29 is 4.76 Å². The van der Waals surface area contributed by atoms with Crippen LogP contribution in [-0.2, 0) is 0 Å². The van der Waals surface area contributed by atoms with Crippen LogP contribution in [0.5, 0.6) is 0 Å². The molecule has 0 radical (unpaired) electrons. The Kier molecular flexibility index (Phi) is 2.72. The molecule has 2 nitrogen and oxygen atoms in total. The van der Waals surface area contributed by atoms with Crippen molar-refractivity contribution in [1.82, 2.24) is 0 Å². The predicted octanol–water partition coefficient (Wildman–Crippen LogP) is 4.69. The van der Waals surface area contributed by atoms with Crippen LogP contribution in [0, 0.1) is 33.5 Å². The highest BCUT2D eigenvalue weighted by molar-refractivity contribution is 5.21. The molecule has 110 valence electrons. The van der Waals surface area contributed by atoms with E-state index >= 15 is 0 Å². The van der Waals surface area contributed by atoms with E-state index in [4.69, 9.17) is 0 Å². The van der Waals surface area contributed by atoms with Gasteiger partial charge in [-0.05, 0) is 61.7 Å². The van der Waals surface area contributed by atoms with Crippen molar-refractivity contribution in [2.24, 2.45) is 28.6 Å². The van der Waals surface area contributed by atoms with E-state index in [2.05, 4.69) is 13.8 Å². The SMILES string of the molecule is C[C@@]12CCC[C@H]1[C@@H]1CCC3=C[N+](=O)CC[C@]3(C)[C@H]1CC2. The third-order valence-corrected chi connectivity index (χ3v) is 7.67. The standard InChI is InChI=1S/C18H28NO/c1-17-8-3-4-15(17)14-6-5-13-12-19(20)11-10-18(13,2)16(14)7-9-17/h12,14-16H,3-11H2,1-2H3/q+1/t14-,15-,16-,17-,18-/m0/s1. The molecule has 3 aliphatic carbocycles. The summed E-state index contributed by atoms with van der Waals surface area (Å²) in [5.41, 5.74) is 2.47. The molecule has 0 bridgehead atoms. The van der Waals surface area contributed by atoms with Crippen LogP contribution < -0.4 is 0 Å². The Morgan fingerprint density at radius 2 is 1.95 bits per heavy atom. The van der Waals surface area contributed by atoms with E-state index in [0.717, 1.165) is 24.2 Å². The van der Waals surface area contributed by atoms with E-state index in [1.807, 2.05) is 6.20 Å². The van der Waals surface area contributed by atoms with Gasteiger partial charge in [-0.2, -0.15) is 0 Å². The summed E-state index contributed by atoms with van der Waals surface area (Å²) in [7, 11) is 0. The van der Waals surface area contributed by atoms with Crippen LogP contribution >= 0.6 is 0 Å². The van der Waals surface area contributed by atoms with Crippen LogP contribution in [0.2, 0.25) is 0 Å². The van der Waals surface area contributed by atoms with Crippen molar-refractivity contribution in [3.05, 3.63) is 16.7 Å². The molecule has 2 heteroatoms. The van der Waals surface area contributed by atoms with Crippen molar-refractivity contribution in [2.45, 2.75) is 65.2 Å². The summed E-state index contributed by atoms with van der Waals surface area (Å²) in [5, 5.41) is 0. The molecule has 4 aliphatic rings. The topological polar surface area (TPSA) is 20.1 Å². The lowest BCUT2D eigenvalue weighted by Gasteiger charge is -2.56. The average Bonchev–Trinajstić information content (AvgIpc) is 2.81. The zero-order valence-electron chi connectivity index (χ0n) is 13.0. The van der Waals surface area contributed by atoms with Gasteiger partial charge in [0.25, 0.3) is 0 Å². The molecular weight excluding hydrogens is 246 g/mol. The molecule has 4 rings (SSSR count). The minimum Gasteiger partial charge on any atom is -0.0594 e. The molecule has 0 aromatic carbocycles. The van der Waals surface area contributed by atoms with Crippen LogP contribution in [-0.4, -0.2) is 11.3 Å². The first-order chi connectivity index (χ1) is 9.53. The number of rotatable bonds is 0. The van der Waals surface area contributed by atoms with Crippen LogP contribution in [0.3, 0.4) is 0 Å². The molecule has 3 saturated carbocycles. The highest BCUT2D eigenvalue weighted by Gasteiger charge is 2.57. The second-order valence-corrected chi connectivity index (χ2v) is 8.46. The normalized spacial score (nSPS) is 51.0. The highest BCUT2D eigenvalue weighted by Crippen LogP contribution is 2.64. The second-order valence-electron chi connectivity index (χ2n) is 8.46. The van der Waals surface area contributed by atoms with Gasteiger partial charge in [0.05, 0.1) is 0 Å². The van der Waals surface area contributed by atoms with Gasteiger partial charge in [-0.25, -0.2) is 0 Å². The molecule has 0 aromatic rings. The number of fused-ring (bicyclic) bond motifs is 5. The van der Waals surface area contributed by atoms with Gasteiger partial charge in [-0.15, -0.1) is 0 Å². The molecule has 1 heterocycles. The average molecular weight is 274 g/mol. The van der Waals surface area contributed by atoms with E-state index in [-0.39, 0.29) is 0 Å². The summed E-state index contributed by atoms with van der Waals surface area (Å²) in [6, 6.07) is 0. The fourth-order valence-electron chi connectivity index (χ4n) is 6.46. The van der Waals surface area contributed by atoms with E-state index in [0.29, 0.717) is 17.4 Å². The molecule has 0 spiro atoms. The summed E-state index contributed by atoms with van der Waals surface area (Å²) in [6.07, 6.45) is 12.8. The molecule has 20 heavy (non-hydrogen) atoms. The minimum atomic E-state index is 0.341. The van der Waals surface area contributed by atoms with Gasteiger partial charge in [0, 0.05) is 27.1 Å². The molecule has 0 aromatic heterocycles.